The van der Waals surface area contributed by atoms with Gasteiger partial charge in [0.05, 0.1) is 16.8 Å². The van der Waals surface area contributed by atoms with Gasteiger partial charge in [0, 0.05) is 23.3 Å². The monoisotopic (exact) mass is 420 g/mol. The molecular weight excluding hydrogens is 388 g/mol. The van der Waals surface area contributed by atoms with Gasteiger partial charge in [-0.3, -0.25) is 0 Å². The molecule has 0 radical (unpaired) electrons. The van der Waals surface area contributed by atoms with Crippen molar-refractivity contribution in [1.29, 1.82) is 0 Å². The van der Waals surface area contributed by atoms with Gasteiger partial charge < -0.3 is 20.4 Å². The number of hydrogen-bond donors (Lipinski definition) is 3. The van der Waals surface area contributed by atoms with Gasteiger partial charge in [-0.1, -0.05) is 12.1 Å². The smallest absolute Gasteiger partial charge is 0.132 e. The first kappa shape index (κ1) is 21.7. The maximum atomic E-state index is 11.3. The van der Waals surface area contributed by atoms with Crippen molar-refractivity contribution in [3.8, 4) is 0 Å². The summed E-state index contributed by atoms with van der Waals surface area (Å²) in [5, 5.41) is 25.7. The number of likely N-dealkylation sites (tertiary alicyclic amines) is 1. The van der Waals surface area contributed by atoms with E-state index in [1.54, 1.807) is 20.0 Å². The lowest BCUT2D eigenvalue weighted by atomic mass is 9.79. The largest absolute Gasteiger partial charge is 0.386 e. The normalized spacial score (nSPS) is 18.1. The molecule has 0 saturated carbocycles. The Balaban J connectivity index is 1.57. The van der Waals surface area contributed by atoms with E-state index in [1.165, 1.54) is 0 Å². The molecule has 0 spiro atoms. The van der Waals surface area contributed by atoms with Crippen LogP contribution < -0.4 is 5.32 Å². The number of rotatable bonds is 5. The van der Waals surface area contributed by atoms with Crippen molar-refractivity contribution in [3.05, 3.63) is 59.9 Å². The number of aromatic nitrogens is 2. The summed E-state index contributed by atoms with van der Waals surface area (Å²) >= 11 is 0. The minimum absolute atomic E-state index is 0.197. The average Bonchev–Trinajstić information content (AvgIpc) is 2.73. The maximum absolute atomic E-state index is 11.3. The first-order valence-corrected chi connectivity index (χ1v) is 10.9. The van der Waals surface area contributed by atoms with E-state index >= 15 is 0 Å². The van der Waals surface area contributed by atoms with E-state index in [1.807, 2.05) is 49.4 Å². The molecule has 3 N–H and O–H groups in total. The molecule has 4 rings (SSSR count). The Kier molecular flexibility index (Phi) is 5.73. The summed E-state index contributed by atoms with van der Waals surface area (Å²) in [6.07, 6.45) is 3.73. The zero-order valence-corrected chi connectivity index (χ0v) is 18.8. The number of nitrogens with zero attached hydrogens (tertiary/aromatic N) is 3. The Morgan fingerprint density at radius 3 is 2.32 bits per heavy atom. The molecule has 164 valence electrons. The first-order chi connectivity index (χ1) is 14.6. The lowest BCUT2D eigenvalue weighted by Gasteiger charge is -2.38. The summed E-state index contributed by atoms with van der Waals surface area (Å²) in [6, 6.07) is 13.5. The number of fused-ring (bicyclic) bond motifs is 1. The molecule has 0 aliphatic carbocycles. The predicted molar refractivity (Wildman–Crippen MR) is 124 cm³/mol. The Labute approximate surface area is 184 Å². The molecule has 6 nitrogen and oxygen atoms in total. The topological polar surface area (TPSA) is 81.5 Å². The summed E-state index contributed by atoms with van der Waals surface area (Å²) < 4.78 is 0. The molecule has 0 bridgehead atoms. The van der Waals surface area contributed by atoms with Crippen molar-refractivity contribution in [3.63, 3.8) is 0 Å². The average molecular weight is 421 g/mol. The van der Waals surface area contributed by atoms with Gasteiger partial charge in [0.15, 0.2) is 0 Å². The van der Waals surface area contributed by atoms with Crippen molar-refractivity contribution in [1.82, 2.24) is 14.9 Å². The second-order valence-electron chi connectivity index (χ2n) is 9.45. The van der Waals surface area contributed by atoms with Crippen LogP contribution in [0, 0.1) is 5.92 Å². The lowest BCUT2D eigenvalue weighted by molar-refractivity contribution is -0.0334. The maximum Gasteiger partial charge on any atom is 0.132 e. The zero-order chi connectivity index (χ0) is 22.2. The number of nitrogens with one attached hydrogen (secondary N) is 1. The third kappa shape index (κ3) is 4.71. The number of aliphatic hydroxyl groups is 2. The van der Waals surface area contributed by atoms with Crippen LogP contribution in [-0.2, 0) is 11.2 Å². The highest BCUT2D eigenvalue weighted by molar-refractivity contribution is 5.81. The molecule has 6 heteroatoms. The summed E-state index contributed by atoms with van der Waals surface area (Å²) in [6.45, 7) is 7.42. The fraction of sp³-hybridized carbons (Fsp3) is 0.440. The highest BCUT2D eigenvalue weighted by Crippen LogP contribution is 2.36. The summed E-state index contributed by atoms with van der Waals surface area (Å²) in [4.78, 5) is 11.6. The molecule has 1 aliphatic heterocycles. The number of anilines is 2. The molecule has 3 heterocycles. The first-order valence-electron chi connectivity index (χ1n) is 10.9. The molecular formula is C25H32N4O2. The molecule has 0 amide bonds. The van der Waals surface area contributed by atoms with E-state index < -0.39 is 11.2 Å². The summed E-state index contributed by atoms with van der Waals surface area (Å²) in [7, 11) is 2.12. The molecule has 1 aromatic carbocycles. The zero-order valence-electron chi connectivity index (χ0n) is 18.8. The van der Waals surface area contributed by atoms with Crippen LogP contribution in [0.15, 0.2) is 48.7 Å². The predicted octanol–water partition coefficient (Wildman–Crippen LogP) is 4.15. The van der Waals surface area contributed by atoms with Crippen LogP contribution >= 0.6 is 0 Å². The SMILES string of the molecule is CN1CCC([C@@](C)(O)c2ccc3cnc(Nc4ccc(C(C)(C)O)cc4)cc3n2)CC1. The van der Waals surface area contributed by atoms with Crippen LogP contribution in [-0.4, -0.2) is 45.2 Å². The summed E-state index contributed by atoms with van der Waals surface area (Å²) in [5.74, 6) is 0.884. The second-order valence-corrected chi connectivity index (χ2v) is 9.45. The number of piperidine rings is 1. The standard InChI is InChI=1S/C25H32N4O2/c1-24(2,30)18-6-8-20(9-7-18)27-23-15-21-17(16-26-23)5-10-22(28-21)25(3,31)19-11-13-29(4)14-12-19/h5-10,15-16,19,30-31H,11-14H2,1-4H3,(H,26,27)/t25-/m1/s1. The Morgan fingerprint density at radius 2 is 1.68 bits per heavy atom. The number of pyridine rings is 2. The number of benzene rings is 1. The third-order valence-corrected chi connectivity index (χ3v) is 6.47. The van der Waals surface area contributed by atoms with E-state index in [2.05, 4.69) is 22.2 Å². The van der Waals surface area contributed by atoms with E-state index in [0.717, 1.165) is 48.1 Å². The lowest BCUT2D eigenvalue weighted by Crippen LogP contribution is -2.41. The minimum atomic E-state index is -0.959. The van der Waals surface area contributed by atoms with Gasteiger partial charge in [-0.2, -0.15) is 0 Å². The van der Waals surface area contributed by atoms with Gasteiger partial charge in [0.2, 0.25) is 0 Å². The molecule has 1 fully saturated rings. The van der Waals surface area contributed by atoms with E-state index in [-0.39, 0.29) is 5.92 Å². The van der Waals surface area contributed by atoms with Gasteiger partial charge in [-0.05, 0) is 89.5 Å². The fourth-order valence-corrected chi connectivity index (χ4v) is 4.26. The Morgan fingerprint density at radius 1 is 1.00 bits per heavy atom. The molecule has 3 aromatic rings. The van der Waals surface area contributed by atoms with Crippen LogP contribution in [0.25, 0.3) is 10.9 Å². The van der Waals surface area contributed by atoms with Crippen LogP contribution in [0.3, 0.4) is 0 Å². The van der Waals surface area contributed by atoms with E-state index in [9.17, 15) is 10.2 Å². The van der Waals surface area contributed by atoms with Crippen molar-refractivity contribution < 1.29 is 10.2 Å². The van der Waals surface area contributed by atoms with Crippen molar-refractivity contribution >= 4 is 22.4 Å². The van der Waals surface area contributed by atoms with Crippen molar-refractivity contribution in [2.45, 2.75) is 44.8 Å². The molecule has 1 atom stereocenters. The Hall–Kier alpha value is -2.54. The highest BCUT2D eigenvalue weighted by atomic mass is 16.3. The van der Waals surface area contributed by atoms with Gasteiger partial charge in [-0.25, -0.2) is 9.97 Å². The van der Waals surface area contributed by atoms with E-state index in [4.69, 9.17) is 4.98 Å². The molecule has 1 saturated heterocycles. The molecule has 1 aliphatic rings. The third-order valence-electron chi connectivity index (χ3n) is 6.47. The van der Waals surface area contributed by atoms with Gasteiger partial charge in [0.1, 0.15) is 11.4 Å². The number of hydrogen-bond acceptors (Lipinski definition) is 6. The Bertz CT molecular complexity index is 1050. The quantitative estimate of drug-likeness (QED) is 0.575. The van der Waals surface area contributed by atoms with Gasteiger partial charge in [0.25, 0.3) is 0 Å². The van der Waals surface area contributed by atoms with Crippen LogP contribution in [0.2, 0.25) is 0 Å². The fourth-order valence-electron chi connectivity index (χ4n) is 4.26. The van der Waals surface area contributed by atoms with Crippen molar-refractivity contribution in [2.75, 3.05) is 25.5 Å². The minimum Gasteiger partial charge on any atom is -0.386 e. The van der Waals surface area contributed by atoms with Crippen LogP contribution in [0.1, 0.15) is 44.9 Å². The van der Waals surface area contributed by atoms with Gasteiger partial charge >= 0.3 is 0 Å². The highest BCUT2D eigenvalue weighted by Gasteiger charge is 2.36. The molecule has 31 heavy (non-hydrogen) atoms. The van der Waals surface area contributed by atoms with Crippen molar-refractivity contribution in [2.24, 2.45) is 5.92 Å². The second kappa shape index (κ2) is 8.19. The van der Waals surface area contributed by atoms with E-state index in [0.29, 0.717) is 11.5 Å². The van der Waals surface area contributed by atoms with Crippen LogP contribution in [0.5, 0.6) is 0 Å². The van der Waals surface area contributed by atoms with Crippen LogP contribution in [0.4, 0.5) is 11.5 Å². The van der Waals surface area contributed by atoms with Gasteiger partial charge in [-0.15, -0.1) is 0 Å². The molecule has 2 aromatic heterocycles. The molecule has 0 unspecified atom stereocenters. The summed E-state index contributed by atoms with van der Waals surface area (Å²) in [5.41, 5.74) is 1.42.